The van der Waals surface area contributed by atoms with Gasteiger partial charge in [-0.15, -0.1) is 6.58 Å². The highest BCUT2D eigenvalue weighted by Crippen LogP contribution is 2.55. The average Bonchev–Trinajstić information content (AvgIpc) is 2.54. The van der Waals surface area contributed by atoms with Gasteiger partial charge in [0.25, 0.3) is 0 Å². The first-order valence-electron chi connectivity index (χ1n) is 6.23. The zero-order valence-electron chi connectivity index (χ0n) is 10.6. The van der Waals surface area contributed by atoms with Crippen LogP contribution >= 0.6 is 0 Å². The molecule has 3 heteroatoms. The smallest absolute Gasteiger partial charge is 0.184 e. The molecule has 2 nitrogen and oxygen atoms in total. The molecule has 0 spiro atoms. The lowest BCUT2D eigenvalue weighted by Crippen LogP contribution is -2.46. The lowest BCUT2D eigenvalue weighted by Gasteiger charge is -2.39. The lowest BCUT2D eigenvalue weighted by atomic mass is 9.88. The minimum atomic E-state index is -1.61. The Kier molecular flexibility index (Phi) is 2.87. The standard InChI is InChI=1S/C13H22O2Si/c1-5-8-13(15-16(2,3)4)10-6-7-11(13)12(14)9-10/h5,10-11H,1,6-9H2,2-4H3/t10?,11?,13-/m0/s1. The Bertz CT molecular complexity index is 318. The van der Waals surface area contributed by atoms with Crippen LogP contribution in [-0.2, 0) is 9.22 Å². The predicted molar refractivity (Wildman–Crippen MR) is 67.8 cm³/mol. The van der Waals surface area contributed by atoms with Gasteiger partial charge in [0.05, 0.1) is 5.60 Å². The minimum Gasteiger partial charge on any atom is -0.411 e. The molecule has 2 bridgehead atoms. The average molecular weight is 238 g/mol. The fourth-order valence-electron chi connectivity index (χ4n) is 3.54. The number of hydrogen-bond donors (Lipinski definition) is 0. The summed E-state index contributed by atoms with van der Waals surface area (Å²) in [4.78, 5) is 11.9. The van der Waals surface area contributed by atoms with E-state index in [-0.39, 0.29) is 11.5 Å². The second-order valence-corrected chi connectivity index (χ2v) is 10.6. The maximum absolute atomic E-state index is 11.9. The number of carbonyl (C=O) groups excluding carboxylic acids is 1. The van der Waals surface area contributed by atoms with Crippen LogP contribution in [0.25, 0.3) is 0 Å². The molecule has 2 fully saturated rings. The maximum atomic E-state index is 11.9. The van der Waals surface area contributed by atoms with Gasteiger partial charge in [0.2, 0.25) is 0 Å². The molecule has 90 valence electrons. The van der Waals surface area contributed by atoms with Crippen molar-refractivity contribution in [3.63, 3.8) is 0 Å². The topological polar surface area (TPSA) is 26.3 Å². The zero-order chi connectivity index (χ0) is 12.0. The van der Waals surface area contributed by atoms with Gasteiger partial charge in [0, 0.05) is 12.3 Å². The minimum absolute atomic E-state index is 0.155. The summed E-state index contributed by atoms with van der Waals surface area (Å²) in [5.41, 5.74) is -0.177. The van der Waals surface area contributed by atoms with E-state index in [0.29, 0.717) is 11.7 Å². The van der Waals surface area contributed by atoms with Crippen LogP contribution in [0.15, 0.2) is 12.7 Å². The molecule has 16 heavy (non-hydrogen) atoms. The van der Waals surface area contributed by atoms with Crippen LogP contribution in [0.3, 0.4) is 0 Å². The maximum Gasteiger partial charge on any atom is 0.184 e. The third-order valence-corrected chi connectivity index (χ3v) is 4.87. The molecule has 2 saturated carbocycles. The number of ketones is 1. The summed E-state index contributed by atoms with van der Waals surface area (Å²) >= 11 is 0. The van der Waals surface area contributed by atoms with Gasteiger partial charge >= 0.3 is 0 Å². The molecule has 0 aromatic rings. The van der Waals surface area contributed by atoms with Crippen molar-refractivity contribution in [1.82, 2.24) is 0 Å². The first-order chi connectivity index (χ1) is 7.39. The Balaban J connectivity index is 2.30. The lowest BCUT2D eigenvalue weighted by molar-refractivity contribution is -0.123. The fraction of sp³-hybridized carbons (Fsp3) is 0.769. The second-order valence-electron chi connectivity index (χ2n) is 6.16. The SMILES string of the molecule is C=CC[C@]1(O[Si](C)(C)C)C2CCC1C(=O)C2. The molecule has 0 amide bonds. The Morgan fingerprint density at radius 2 is 2.19 bits per heavy atom. The van der Waals surface area contributed by atoms with E-state index in [9.17, 15) is 4.79 Å². The van der Waals surface area contributed by atoms with E-state index >= 15 is 0 Å². The van der Waals surface area contributed by atoms with E-state index in [2.05, 4.69) is 26.2 Å². The van der Waals surface area contributed by atoms with Gasteiger partial charge in [-0.3, -0.25) is 4.79 Å². The van der Waals surface area contributed by atoms with Crippen LogP contribution in [-0.4, -0.2) is 19.7 Å². The molecule has 0 saturated heterocycles. The Morgan fingerprint density at radius 1 is 1.50 bits per heavy atom. The molecular weight excluding hydrogens is 216 g/mol. The summed E-state index contributed by atoms with van der Waals surface area (Å²) < 4.78 is 6.43. The number of hydrogen-bond acceptors (Lipinski definition) is 2. The van der Waals surface area contributed by atoms with Gasteiger partial charge in [-0.05, 0) is 44.8 Å². The molecule has 2 aliphatic carbocycles. The van der Waals surface area contributed by atoms with Gasteiger partial charge in [0.15, 0.2) is 8.32 Å². The summed E-state index contributed by atoms with van der Waals surface area (Å²) in [6.07, 6.45) is 5.71. The summed E-state index contributed by atoms with van der Waals surface area (Å²) in [6.45, 7) is 10.5. The third-order valence-electron chi connectivity index (χ3n) is 3.88. The van der Waals surface area contributed by atoms with Crippen LogP contribution in [0, 0.1) is 11.8 Å². The summed E-state index contributed by atoms with van der Waals surface area (Å²) in [6, 6.07) is 0. The second kappa shape index (κ2) is 3.81. The largest absolute Gasteiger partial charge is 0.411 e. The molecule has 3 atom stereocenters. The van der Waals surface area contributed by atoms with E-state index in [1.807, 2.05) is 6.08 Å². The van der Waals surface area contributed by atoms with Crippen molar-refractivity contribution in [2.45, 2.75) is 50.9 Å². The van der Waals surface area contributed by atoms with Crippen molar-refractivity contribution < 1.29 is 9.22 Å². The monoisotopic (exact) mass is 238 g/mol. The van der Waals surface area contributed by atoms with Crippen molar-refractivity contribution in [3.8, 4) is 0 Å². The Hall–Kier alpha value is -0.413. The van der Waals surface area contributed by atoms with Gasteiger partial charge in [-0.1, -0.05) is 6.08 Å². The van der Waals surface area contributed by atoms with Crippen LogP contribution in [0.2, 0.25) is 19.6 Å². The molecular formula is C13H22O2Si. The van der Waals surface area contributed by atoms with Gasteiger partial charge < -0.3 is 4.43 Å². The number of Topliss-reactive ketones (excluding diaryl/α,β-unsaturated/α-hetero) is 1. The van der Waals surface area contributed by atoms with Crippen LogP contribution in [0.1, 0.15) is 25.7 Å². The molecule has 0 aromatic carbocycles. The quantitative estimate of drug-likeness (QED) is 0.555. The fourth-order valence-corrected chi connectivity index (χ4v) is 5.07. The zero-order valence-corrected chi connectivity index (χ0v) is 11.6. The highest BCUT2D eigenvalue weighted by Gasteiger charge is 2.59. The van der Waals surface area contributed by atoms with E-state index < -0.39 is 8.32 Å². The Morgan fingerprint density at radius 3 is 2.56 bits per heavy atom. The van der Waals surface area contributed by atoms with Crippen molar-refractivity contribution in [3.05, 3.63) is 12.7 Å². The predicted octanol–water partition coefficient (Wildman–Crippen LogP) is 3.15. The first-order valence-corrected chi connectivity index (χ1v) is 9.63. The highest BCUT2D eigenvalue weighted by atomic mass is 28.4. The van der Waals surface area contributed by atoms with Crippen molar-refractivity contribution >= 4 is 14.1 Å². The van der Waals surface area contributed by atoms with Crippen molar-refractivity contribution in [1.29, 1.82) is 0 Å². The molecule has 2 aliphatic rings. The van der Waals surface area contributed by atoms with Crippen LogP contribution in [0.4, 0.5) is 0 Å². The summed E-state index contributed by atoms with van der Waals surface area (Å²) in [5, 5.41) is 0. The molecule has 0 N–H and O–H groups in total. The Labute approximate surface area is 99.2 Å². The van der Waals surface area contributed by atoms with Crippen molar-refractivity contribution in [2.24, 2.45) is 11.8 Å². The highest BCUT2D eigenvalue weighted by molar-refractivity contribution is 6.69. The first kappa shape index (κ1) is 12.1. The van der Waals surface area contributed by atoms with Crippen molar-refractivity contribution in [2.75, 3.05) is 0 Å². The van der Waals surface area contributed by atoms with Gasteiger partial charge in [-0.25, -0.2) is 0 Å². The number of rotatable bonds is 4. The number of fused-ring (bicyclic) bond motifs is 2. The molecule has 0 heterocycles. The molecule has 2 rings (SSSR count). The molecule has 0 aliphatic heterocycles. The number of carbonyl (C=O) groups is 1. The normalized spacial score (nSPS) is 38.1. The van der Waals surface area contributed by atoms with E-state index in [4.69, 9.17) is 4.43 Å². The van der Waals surface area contributed by atoms with Gasteiger partial charge in [0.1, 0.15) is 5.78 Å². The van der Waals surface area contributed by atoms with E-state index in [1.165, 1.54) is 0 Å². The van der Waals surface area contributed by atoms with E-state index in [1.54, 1.807) is 0 Å². The van der Waals surface area contributed by atoms with Gasteiger partial charge in [-0.2, -0.15) is 0 Å². The van der Waals surface area contributed by atoms with Crippen LogP contribution < -0.4 is 0 Å². The molecule has 0 aromatic heterocycles. The molecule has 2 unspecified atom stereocenters. The molecule has 0 radical (unpaired) electrons. The third kappa shape index (κ3) is 1.80. The summed E-state index contributed by atoms with van der Waals surface area (Å²) in [7, 11) is -1.61. The van der Waals surface area contributed by atoms with E-state index in [0.717, 1.165) is 25.7 Å². The van der Waals surface area contributed by atoms with Crippen LogP contribution in [0.5, 0.6) is 0 Å². The summed E-state index contributed by atoms with van der Waals surface area (Å²) in [5.74, 6) is 1.04.